The number of nitro groups is 1. The highest BCUT2D eigenvalue weighted by Gasteiger charge is 2.22. The first-order valence-corrected chi connectivity index (χ1v) is 13.6. The largest absolute Gasteiger partial charge is 0.480 e. The second kappa shape index (κ2) is 14.4. The number of nitrogens with two attached hydrogens (primary N) is 1. The lowest BCUT2D eigenvalue weighted by atomic mass is 10.1. The Morgan fingerprint density at radius 1 is 1.07 bits per heavy atom. The molecule has 2 aromatic carbocycles. The van der Waals surface area contributed by atoms with Crippen LogP contribution in [0.1, 0.15) is 37.6 Å². The Morgan fingerprint density at radius 3 is 2.46 bits per heavy atom. The number of hydrogen-bond donors (Lipinski definition) is 4. The first kappa shape index (κ1) is 32.5. The summed E-state index contributed by atoms with van der Waals surface area (Å²) in [6, 6.07) is 13.2. The number of nitriles is 1. The number of pyridine rings is 1. The van der Waals surface area contributed by atoms with E-state index in [1.807, 2.05) is 19.1 Å². The van der Waals surface area contributed by atoms with E-state index in [0.717, 1.165) is 18.2 Å². The van der Waals surface area contributed by atoms with E-state index in [2.05, 4.69) is 35.6 Å². The maximum absolute atomic E-state index is 13.7. The Balaban J connectivity index is 0.000000242. The molecule has 0 spiro atoms. The molecule has 3 heterocycles. The van der Waals surface area contributed by atoms with E-state index in [-0.39, 0.29) is 23.5 Å². The molecule has 0 bridgehead atoms. The van der Waals surface area contributed by atoms with E-state index in [1.54, 1.807) is 31.3 Å². The predicted octanol–water partition coefficient (Wildman–Crippen LogP) is 5.26. The second-order valence-electron chi connectivity index (χ2n) is 9.63. The SMILES string of the molecule is CC(Nc1ncnc(N)c1C#N)c1nc2ccc(F)cc2nc1-c1ccccn1.CCC(Nc1ccc(F)cc1[N+](=O)[O-])C(=O)O. The number of nitrogens with zero attached hydrogens (tertiary/aromatic N) is 7. The van der Waals surface area contributed by atoms with Gasteiger partial charge in [-0.05, 0) is 49.7 Å². The molecule has 14 nitrogen and oxygen atoms in total. The third-order valence-corrected chi connectivity index (χ3v) is 6.51. The molecular formula is C30H26F2N10O4. The highest BCUT2D eigenvalue weighted by Crippen LogP contribution is 2.30. The number of carboxylic acids is 1. The summed E-state index contributed by atoms with van der Waals surface area (Å²) in [6.45, 7) is 3.48. The van der Waals surface area contributed by atoms with Crippen molar-refractivity contribution in [3.63, 3.8) is 0 Å². The molecule has 16 heteroatoms. The molecule has 0 aliphatic carbocycles. The van der Waals surface area contributed by atoms with Crippen LogP contribution >= 0.6 is 0 Å². The van der Waals surface area contributed by atoms with Crippen molar-refractivity contribution in [2.75, 3.05) is 16.4 Å². The summed E-state index contributed by atoms with van der Waals surface area (Å²) in [5.74, 6) is -1.88. The van der Waals surface area contributed by atoms with Crippen LogP contribution in [0.5, 0.6) is 0 Å². The van der Waals surface area contributed by atoms with E-state index in [1.165, 1.54) is 18.5 Å². The second-order valence-corrected chi connectivity index (χ2v) is 9.63. The molecule has 2 atom stereocenters. The van der Waals surface area contributed by atoms with Crippen LogP contribution in [0, 0.1) is 33.1 Å². The van der Waals surface area contributed by atoms with Gasteiger partial charge in [-0.25, -0.2) is 33.5 Å². The van der Waals surface area contributed by atoms with Crippen LogP contribution in [0.25, 0.3) is 22.4 Å². The third-order valence-electron chi connectivity index (χ3n) is 6.51. The number of rotatable bonds is 9. The number of halogens is 2. The molecule has 234 valence electrons. The average molecular weight is 629 g/mol. The fraction of sp³-hybridized carbons (Fsp3) is 0.167. The molecule has 0 aliphatic rings. The normalized spacial score (nSPS) is 11.8. The zero-order chi connectivity index (χ0) is 33.4. The minimum atomic E-state index is -1.12. The van der Waals surface area contributed by atoms with Gasteiger partial charge in [-0.2, -0.15) is 5.26 Å². The molecule has 0 fully saturated rings. The van der Waals surface area contributed by atoms with E-state index >= 15 is 0 Å². The maximum Gasteiger partial charge on any atom is 0.326 e. The highest BCUT2D eigenvalue weighted by atomic mass is 19.1. The van der Waals surface area contributed by atoms with E-state index in [4.69, 9.17) is 10.8 Å². The summed E-state index contributed by atoms with van der Waals surface area (Å²) in [7, 11) is 0. The van der Waals surface area contributed by atoms with Crippen LogP contribution < -0.4 is 16.4 Å². The summed E-state index contributed by atoms with van der Waals surface area (Å²) in [6.07, 6.45) is 3.18. The molecule has 0 radical (unpaired) electrons. The minimum absolute atomic E-state index is 0.00866. The topological polar surface area (TPSA) is 219 Å². The van der Waals surface area contributed by atoms with Gasteiger partial charge in [0.25, 0.3) is 5.69 Å². The molecule has 5 N–H and O–H groups in total. The van der Waals surface area contributed by atoms with Crippen LogP contribution in [0.3, 0.4) is 0 Å². The van der Waals surface area contributed by atoms with Crippen molar-refractivity contribution < 1.29 is 23.6 Å². The van der Waals surface area contributed by atoms with Gasteiger partial charge in [0, 0.05) is 12.3 Å². The summed E-state index contributed by atoms with van der Waals surface area (Å²) in [4.78, 5) is 42.3. The van der Waals surface area contributed by atoms with Crippen molar-refractivity contribution in [2.24, 2.45) is 0 Å². The molecule has 5 aromatic rings. The standard InChI is InChI=1S/C20H15FN8.C10H11FN2O4/c1-11(27-20-13(9-22)19(23)25-10-26-20)17-18(15-4-2-3-7-24-15)29-16-8-12(21)5-6-14(16)28-17;1-2-7(10(14)15)12-8-4-3-6(11)5-9(8)13(16)17/h2-8,10-11H,1H3,(H3,23,25,26,27);3-5,7,12H,2H2,1H3,(H,14,15). The monoisotopic (exact) mass is 628 g/mol. The zero-order valence-electron chi connectivity index (χ0n) is 24.3. The number of nitrogens with one attached hydrogen (secondary N) is 2. The molecule has 2 unspecified atom stereocenters. The van der Waals surface area contributed by atoms with Crippen molar-refractivity contribution in [1.29, 1.82) is 5.26 Å². The smallest absolute Gasteiger partial charge is 0.326 e. The lowest BCUT2D eigenvalue weighted by Crippen LogP contribution is -2.28. The molecular weight excluding hydrogens is 602 g/mol. The number of aliphatic carboxylic acids is 1. The predicted molar refractivity (Wildman–Crippen MR) is 164 cm³/mol. The molecule has 5 rings (SSSR count). The number of nitro benzene ring substituents is 1. The molecule has 0 saturated carbocycles. The first-order valence-electron chi connectivity index (χ1n) is 13.6. The fourth-order valence-electron chi connectivity index (χ4n) is 4.23. The highest BCUT2D eigenvalue weighted by molar-refractivity contribution is 5.79. The van der Waals surface area contributed by atoms with Crippen LogP contribution in [-0.2, 0) is 4.79 Å². The lowest BCUT2D eigenvalue weighted by Gasteiger charge is -2.18. The number of fused-ring (bicyclic) bond motifs is 1. The first-order chi connectivity index (χ1) is 22.0. The molecule has 0 amide bonds. The number of benzene rings is 2. The summed E-state index contributed by atoms with van der Waals surface area (Å²) in [5, 5.41) is 34.5. The number of hydrogen-bond acceptors (Lipinski definition) is 12. The number of carbonyl (C=O) groups is 1. The van der Waals surface area contributed by atoms with E-state index in [9.17, 15) is 29.0 Å². The Labute approximate surface area is 260 Å². The van der Waals surface area contributed by atoms with Crippen molar-refractivity contribution in [3.8, 4) is 17.5 Å². The van der Waals surface area contributed by atoms with Gasteiger partial charge in [0.05, 0.1) is 39.5 Å². The number of anilines is 3. The van der Waals surface area contributed by atoms with Gasteiger partial charge in [-0.15, -0.1) is 0 Å². The van der Waals surface area contributed by atoms with Gasteiger partial charge in [0.15, 0.2) is 0 Å². The van der Waals surface area contributed by atoms with Crippen LogP contribution in [0.2, 0.25) is 0 Å². The Hall–Kier alpha value is -6.37. The molecule has 3 aromatic heterocycles. The van der Waals surface area contributed by atoms with Gasteiger partial charge >= 0.3 is 5.97 Å². The maximum atomic E-state index is 13.7. The average Bonchev–Trinajstić information content (AvgIpc) is 3.04. The Bertz CT molecular complexity index is 1940. The summed E-state index contributed by atoms with van der Waals surface area (Å²) >= 11 is 0. The molecule has 46 heavy (non-hydrogen) atoms. The van der Waals surface area contributed by atoms with Gasteiger partial charge in [-0.3, -0.25) is 15.1 Å². The van der Waals surface area contributed by atoms with Crippen LogP contribution in [0.4, 0.5) is 31.8 Å². The zero-order valence-corrected chi connectivity index (χ0v) is 24.3. The minimum Gasteiger partial charge on any atom is -0.480 e. The van der Waals surface area contributed by atoms with Gasteiger partial charge in [-0.1, -0.05) is 13.0 Å². The lowest BCUT2D eigenvalue weighted by molar-refractivity contribution is -0.384. The van der Waals surface area contributed by atoms with Crippen LogP contribution in [0.15, 0.2) is 67.1 Å². The van der Waals surface area contributed by atoms with Gasteiger partial charge < -0.3 is 21.5 Å². The van der Waals surface area contributed by atoms with Crippen molar-refractivity contribution in [3.05, 3.63) is 100 Å². The van der Waals surface area contributed by atoms with E-state index in [0.29, 0.717) is 33.9 Å². The van der Waals surface area contributed by atoms with Crippen molar-refractivity contribution in [2.45, 2.75) is 32.4 Å². The Kier molecular flexibility index (Phi) is 10.2. The number of aromatic nitrogens is 5. The molecule has 0 aliphatic heterocycles. The van der Waals surface area contributed by atoms with Crippen molar-refractivity contribution in [1.82, 2.24) is 24.9 Å². The van der Waals surface area contributed by atoms with Crippen molar-refractivity contribution >= 4 is 40.0 Å². The fourth-order valence-corrected chi connectivity index (χ4v) is 4.23. The summed E-state index contributed by atoms with van der Waals surface area (Å²) in [5.41, 5.74) is 8.06. The third kappa shape index (κ3) is 7.58. The van der Waals surface area contributed by atoms with Crippen LogP contribution in [-0.4, -0.2) is 47.0 Å². The number of carboxylic acid groups (broad SMARTS) is 1. The van der Waals surface area contributed by atoms with Gasteiger partial charge in [0.2, 0.25) is 0 Å². The summed E-state index contributed by atoms with van der Waals surface area (Å²) < 4.78 is 26.5. The quantitative estimate of drug-likeness (QED) is 0.121. The van der Waals surface area contributed by atoms with Gasteiger partial charge in [0.1, 0.15) is 58.7 Å². The molecule has 0 saturated heterocycles. The Morgan fingerprint density at radius 2 is 1.80 bits per heavy atom. The number of nitrogen functional groups attached to an aromatic ring is 1. The van der Waals surface area contributed by atoms with E-state index < -0.39 is 40.3 Å².